The average Bonchev–Trinajstić information content (AvgIpc) is 2.48. The minimum Gasteiger partial charge on any atom is -0.0533 e. The Kier molecular flexibility index (Phi) is 1.71. The van der Waals surface area contributed by atoms with Crippen LogP contribution in [0, 0.1) is 31.1 Å². The second kappa shape index (κ2) is 2.56. The Hall–Kier alpha value is 0. The van der Waals surface area contributed by atoms with E-state index in [9.17, 15) is 0 Å². The molecule has 2 aliphatic rings. The first-order chi connectivity index (χ1) is 4.90. The third kappa shape index (κ3) is 0.980. The maximum Gasteiger partial charge on any atom is -0.0321 e. The van der Waals surface area contributed by atoms with Crippen LogP contribution in [0.2, 0.25) is 0 Å². The van der Waals surface area contributed by atoms with E-state index in [1.165, 1.54) is 25.7 Å². The fraction of sp³-hybridized carbons (Fsp3) is 0.800. The SMILES string of the molecule is [CH2]CCC1[CH]C2CCC1C2. The van der Waals surface area contributed by atoms with Gasteiger partial charge in [-0.15, -0.1) is 0 Å². The molecule has 10 heavy (non-hydrogen) atoms. The first-order valence-electron chi connectivity index (χ1n) is 4.54. The Morgan fingerprint density at radius 1 is 1.40 bits per heavy atom. The summed E-state index contributed by atoms with van der Waals surface area (Å²) in [5, 5.41) is 0. The molecule has 56 valence electrons. The monoisotopic (exact) mass is 136 g/mol. The zero-order chi connectivity index (χ0) is 6.97. The van der Waals surface area contributed by atoms with E-state index in [1.807, 2.05) is 0 Å². The Morgan fingerprint density at radius 2 is 2.30 bits per heavy atom. The van der Waals surface area contributed by atoms with Crippen molar-refractivity contribution in [2.24, 2.45) is 17.8 Å². The van der Waals surface area contributed by atoms with Gasteiger partial charge in [-0.2, -0.15) is 0 Å². The maximum absolute atomic E-state index is 3.91. The van der Waals surface area contributed by atoms with E-state index >= 15 is 0 Å². The Morgan fingerprint density at radius 3 is 2.80 bits per heavy atom. The van der Waals surface area contributed by atoms with E-state index in [1.54, 1.807) is 0 Å². The molecule has 0 spiro atoms. The lowest BCUT2D eigenvalue weighted by molar-refractivity contribution is 0.380. The Labute approximate surface area is 64.0 Å². The lowest BCUT2D eigenvalue weighted by Gasteiger charge is -2.19. The van der Waals surface area contributed by atoms with Crippen LogP contribution in [0.25, 0.3) is 0 Å². The van der Waals surface area contributed by atoms with E-state index in [4.69, 9.17) is 0 Å². The second-order valence-corrected chi connectivity index (χ2v) is 3.83. The van der Waals surface area contributed by atoms with Crippen LogP contribution < -0.4 is 0 Å². The van der Waals surface area contributed by atoms with Gasteiger partial charge in [0.1, 0.15) is 0 Å². The molecule has 2 aliphatic carbocycles. The van der Waals surface area contributed by atoms with E-state index in [-0.39, 0.29) is 0 Å². The summed E-state index contributed by atoms with van der Waals surface area (Å²) in [4.78, 5) is 0. The molecule has 2 rings (SSSR count). The fourth-order valence-corrected chi connectivity index (χ4v) is 2.69. The van der Waals surface area contributed by atoms with Crippen LogP contribution in [0.3, 0.4) is 0 Å². The molecular formula is C10H16. The van der Waals surface area contributed by atoms with Crippen molar-refractivity contribution in [1.29, 1.82) is 0 Å². The summed E-state index contributed by atoms with van der Waals surface area (Å²) in [6.07, 6.45) is 9.57. The van der Waals surface area contributed by atoms with Crippen molar-refractivity contribution in [3.63, 3.8) is 0 Å². The molecule has 3 unspecified atom stereocenters. The highest BCUT2D eigenvalue weighted by Crippen LogP contribution is 2.48. The number of fused-ring (bicyclic) bond motifs is 2. The predicted molar refractivity (Wildman–Crippen MR) is 43.2 cm³/mol. The molecule has 0 saturated heterocycles. The first kappa shape index (κ1) is 6.69. The maximum atomic E-state index is 3.91. The Balaban J connectivity index is 1.90. The van der Waals surface area contributed by atoms with Crippen LogP contribution in [-0.2, 0) is 0 Å². The zero-order valence-electron chi connectivity index (χ0n) is 6.55. The van der Waals surface area contributed by atoms with Crippen LogP contribution in [0.15, 0.2) is 0 Å². The minimum absolute atomic E-state index is 0.955. The molecule has 2 radical (unpaired) electrons. The van der Waals surface area contributed by atoms with Gasteiger partial charge in [0.25, 0.3) is 0 Å². The quantitative estimate of drug-likeness (QED) is 0.547. The van der Waals surface area contributed by atoms with Gasteiger partial charge in [0.15, 0.2) is 0 Å². The van der Waals surface area contributed by atoms with Gasteiger partial charge in [0.2, 0.25) is 0 Å². The standard InChI is InChI=1S/C10H16/c1-2-3-9-6-8-4-5-10(9)7-8/h6,8-10H,1-5,7H2. The van der Waals surface area contributed by atoms with Crippen molar-refractivity contribution in [2.45, 2.75) is 32.1 Å². The summed E-state index contributed by atoms with van der Waals surface area (Å²) in [7, 11) is 0. The normalized spacial score (nSPS) is 44.7. The summed E-state index contributed by atoms with van der Waals surface area (Å²) < 4.78 is 0. The minimum atomic E-state index is 0.955. The van der Waals surface area contributed by atoms with Gasteiger partial charge in [0.05, 0.1) is 0 Å². The molecule has 0 aromatic carbocycles. The highest BCUT2D eigenvalue weighted by Gasteiger charge is 2.38. The van der Waals surface area contributed by atoms with E-state index in [0.717, 1.165) is 24.2 Å². The molecule has 0 heteroatoms. The number of hydrogen-bond donors (Lipinski definition) is 0. The molecule has 0 N–H and O–H groups in total. The van der Waals surface area contributed by atoms with Gasteiger partial charge in [-0.05, 0) is 49.9 Å². The molecule has 0 nitrogen and oxygen atoms in total. The third-order valence-corrected chi connectivity index (χ3v) is 3.18. The van der Waals surface area contributed by atoms with Crippen LogP contribution >= 0.6 is 0 Å². The summed E-state index contributed by atoms with van der Waals surface area (Å²) in [5.41, 5.74) is 0. The lowest BCUT2D eigenvalue weighted by atomic mass is 9.86. The predicted octanol–water partition coefficient (Wildman–Crippen LogP) is 2.85. The molecule has 2 fully saturated rings. The van der Waals surface area contributed by atoms with Gasteiger partial charge >= 0.3 is 0 Å². The molecule has 0 aliphatic heterocycles. The fourth-order valence-electron chi connectivity index (χ4n) is 2.69. The van der Waals surface area contributed by atoms with Crippen molar-refractivity contribution in [3.8, 4) is 0 Å². The van der Waals surface area contributed by atoms with E-state index < -0.39 is 0 Å². The van der Waals surface area contributed by atoms with Crippen molar-refractivity contribution in [1.82, 2.24) is 0 Å². The zero-order valence-corrected chi connectivity index (χ0v) is 6.55. The summed E-state index contributed by atoms with van der Waals surface area (Å²) >= 11 is 0. The number of hydrogen-bond acceptors (Lipinski definition) is 0. The lowest BCUT2D eigenvalue weighted by Crippen LogP contribution is -2.10. The number of rotatable bonds is 2. The van der Waals surface area contributed by atoms with Crippen molar-refractivity contribution >= 4 is 0 Å². The third-order valence-electron chi connectivity index (χ3n) is 3.18. The molecular weight excluding hydrogens is 120 g/mol. The largest absolute Gasteiger partial charge is 0.0533 e. The van der Waals surface area contributed by atoms with Crippen LogP contribution in [-0.4, -0.2) is 0 Å². The van der Waals surface area contributed by atoms with Crippen molar-refractivity contribution in [3.05, 3.63) is 13.3 Å². The van der Waals surface area contributed by atoms with Crippen molar-refractivity contribution in [2.75, 3.05) is 0 Å². The highest BCUT2D eigenvalue weighted by molar-refractivity contribution is 5.01. The van der Waals surface area contributed by atoms with Gasteiger partial charge in [-0.3, -0.25) is 0 Å². The average molecular weight is 136 g/mol. The van der Waals surface area contributed by atoms with Crippen LogP contribution in [0.5, 0.6) is 0 Å². The summed E-state index contributed by atoms with van der Waals surface area (Å²) in [6.45, 7) is 3.91. The molecule has 3 atom stereocenters. The van der Waals surface area contributed by atoms with Crippen LogP contribution in [0.1, 0.15) is 32.1 Å². The van der Waals surface area contributed by atoms with Crippen LogP contribution in [0.4, 0.5) is 0 Å². The second-order valence-electron chi connectivity index (χ2n) is 3.83. The molecule has 0 aromatic heterocycles. The highest BCUT2D eigenvalue weighted by atomic mass is 14.4. The van der Waals surface area contributed by atoms with Gasteiger partial charge in [0, 0.05) is 0 Å². The molecule has 0 aromatic rings. The van der Waals surface area contributed by atoms with Gasteiger partial charge in [-0.25, -0.2) is 0 Å². The Bertz CT molecular complexity index is 117. The summed E-state index contributed by atoms with van der Waals surface area (Å²) in [5.74, 6) is 3.02. The molecule has 0 heterocycles. The molecule has 2 saturated carbocycles. The van der Waals surface area contributed by atoms with Crippen molar-refractivity contribution < 1.29 is 0 Å². The van der Waals surface area contributed by atoms with E-state index in [2.05, 4.69) is 13.3 Å². The van der Waals surface area contributed by atoms with E-state index in [0.29, 0.717) is 0 Å². The first-order valence-corrected chi connectivity index (χ1v) is 4.54. The van der Waals surface area contributed by atoms with Gasteiger partial charge < -0.3 is 0 Å². The molecule has 2 bridgehead atoms. The molecule has 0 amide bonds. The van der Waals surface area contributed by atoms with Gasteiger partial charge in [-0.1, -0.05) is 13.3 Å². The topological polar surface area (TPSA) is 0 Å². The smallest absolute Gasteiger partial charge is 0.0321 e. The summed E-state index contributed by atoms with van der Waals surface area (Å²) in [6, 6.07) is 0.